The first-order valence-electron chi connectivity index (χ1n) is 7.25. The van der Waals surface area contributed by atoms with Gasteiger partial charge in [-0.2, -0.15) is 13.2 Å². The van der Waals surface area contributed by atoms with Crippen LogP contribution in [-0.2, 0) is 11.0 Å². The number of oxazole rings is 1. The van der Waals surface area contributed by atoms with E-state index in [0.717, 1.165) is 12.1 Å². The molecule has 0 radical (unpaired) electrons. The number of halogens is 3. The van der Waals surface area contributed by atoms with Crippen molar-refractivity contribution in [2.75, 3.05) is 5.32 Å². The summed E-state index contributed by atoms with van der Waals surface area (Å²) >= 11 is 0. The zero-order valence-corrected chi connectivity index (χ0v) is 12.6. The number of carbonyl (C=O) groups excluding carboxylic acids is 1. The Kier molecular flexibility index (Phi) is 4.01. The largest absolute Gasteiger partial charge is 0.436 e. The van der Waals surface area contributed by atoms with Crippen molar-refractivity contribution in [2.45, 2.75) is 19.5 Å². The summed E-state index contributed by atoms with van der Waals surface area (Å²) in [6.07, 6.45) is -4.03. The molecule has 0 unspecified atom stereocenters. The molecule has 7 heteroatoms. The Labute approximate surface area is 135 Å². The molecule has 0 aliphatic rings. The minimum atomic E-state index is -4.38. The maximum Gasteiger partial charge on any atom is 0.416 e. The van der Waals surface area contributed by atoms with Gasteiger partial charge in [0.1, 0.15) is 5.52 Å². The average Bonchev–Trinajstić information content (AvgIpc) is 2.97. The number of carbonyl (C=O) groups is 1. The van der Waals surface area contributed by atoms with E-state index in [0.29, 0.717) is 28.8 Å². The highest BCUT2D eigenvalue weighted by Gasteiger charge is 2.30. The summed E-state index contributed by atoms with van der Waals surface area (Å²) in [5.74, 6) is 0.0958. The van der Waals surface area contributed by atoms with Crippen molar-refractivity contribution in [3.8, 4) is 11.5 Å². The summed E-state index contributed by atoms with van der Waals surface area (Å²) in [5.41, 5.74) is 1.30. The van der Waals surface area contributed by atoms with Crippen molar-refractivity contribution in [3.63, 3.8) is 0 Å². The van der Waals surface area contributed by atoms with Gasteiger partial charge in [0.25, 0.3) is 0 Å². The summed E-state index contributed by atoms with van der Waals surface area (Å²) < 4.78 is 43.3. The summed E-state index contributed by atoms with van der Waals surface area (Å²) in [6, 6.07) is 9.58. The highest BCUT2D eigenvalue weighted by molar-refractivity contribution is 5.92. The van der Waals surface area contributed by atoms with Crippen LogP contribution in [0.25, 0.3) is 22.6 Å². The van der Waals surface area contributed by atoms with E-state index in [1.54, 1.807) is 25.1 Å². The molecule has 0 fully saturated rings. The Bertz CT molecular complexity index is 883. The van der Waals surface area contributed by atoms with Crippen LogP contribution in [0.4, 0.5) is 18.9 Å². The van der Waals surface area contributed by atoms with Gasteiger partial charge in [0.15, 0.2) is 5.58 Å². The fourth-order valence-corrected chi connectivity index (χ4v) is 2.18. The Morgan fingerprint density at radius 3 is 2.50 bits per heavy atom. The summed E-state index contributed by atoms with van der Waals surface area (Å²) in [5, 5.41) is 2.71. The number of hydrogen-bond acceptors (Lipinski definition) is 3. The topological polar surface area (TPSA) is 55.1 Å². The Hall–Kier alpha value is -2.83. The maximum absolute atomic E-state index is 12.6. The molecule has 2 aromatic carbocycles. The minimum Gasteiger partial charge on any atom is -0.436 e. The van der Waals surface area contributed by atoms with E-state index in [1.807, 2.05) is 0 Å². The molecule has 24 heavy (non-hydrogen) atoms. The molecule has 4 nitrogen and oxygen atoms in total. The lowest BCUT2D eigenvalue weighted by Gasteiger charge is -2.05. The summed E-state index contributed by atoms with van der Waals surface area (Å²) in [4.78, 5) is 15.7. The van der Waals surface area contributed by atoms with Crippen LogP contribution in [0, 0.1) is 0 Å². The molecule has 0 aliphatic heterocycles. The van der Waals surface area contributed by atoms with Crippen LogP contribution in [-0.4, -0.2) is 10.9 Å². The lowest BCUT2D eigenvalue weighted by molar-refractivity contribution is -0.137. The maximum atomic E-state index is 12.6. The molecule has 0 atom stereocenters. The number of hydrogen-bond donors (Lipinski definition) is 1. The van der Waals surface area contributed by atoms with Gasteiger partial charge in [-0.25, -0.2) is 4.98 Å². The molecule has 124 valence electrons. The monoisotopic (exact) mass is 334 g/mol. The normalized spacial score (nSPS) is 11.7. The van der Waals surface area contributed by atoms with Crippen LogP contribution >= 0.6 is 0 Å². The van der Waals surface area contributed by atoms with Gasteiger partial charge in [-0.15, -0.1) is 0 Å². The predicted octanol–water partition coefficient (Wildman–Crippen LogP) is 4.86. The van der Waals surface area contributed by atoms with E-state index in [2.05, 4.69) is 10.3 Å². The smallest absolute Gasteiger partial charge is 0.416 e. The second-order valence-electron chi connectivity index (χ2n) is 5.18. The van der Waals surface area contributed by atoms with Crippen molar-refractivity contribution in [1.29, 1.82) is 0 Å². The zero-order valence-electron chi connectivity index (χ0n) is 12.6. The lowest BCUT2D eigenvalue weighted by atomic mass is 10.1. The zero-order chi connectivity index (χ0) is 17.3. The molecule has 3 rings (SSSR count). The van der Waals surface area contributed by atoms with Gasteiger partial charge in [-0.1, -0.05) is 6.92 Å². The number of amides is 1. The van der Waals surface area contributed by atoms with E-state index in [-0.39, 0.29) is 11.8 Å². The molecule has 0 aliphatic carbocycles. The molecule has 1 N–H and O–H groups in total. The third kappa shape index (κ3) is 3.24. The Balaban J connectivity index is 1.91. The fraction of sp³-hybridized carbons (Fsp3) is 0.176. The van der Waals surface area contributed by atoms with Gasteiger partial charge in [0.05, 0.1) is 5.56 Å². The molecule has 1 amide bonds. The molecule has 3 aromatic rings. The number of nitrogens with zero attached hydrogens (tertiary/aromatic N) is 1. The van der Waals surface area contributed by atoms with Gasteiger partial charge in [-0.3, -0.25) is 4.79 Å². The molecule has 0 bridgehead atoms. The van der Waals surface area contributed by atoms with Gasteiger partial charge < -0.3 is 9.73 Å². The standard InChI is InChI=1S/C17H13F3N2O2/c1-2-15(23)21-12-7-8-14-13(9-12)22-16(24-14)10-3-5-11(6-4-10)17(18,19)20/h3-9H,2H2,1H3,(H,21,23). The number of aromatic nitrogens is 1. The molecule has 0 saturated carbocycles. The van der Waals surface area contributed by atoms with Crippen molar-refractivity contribution in [3.05, 3.63) is 48.0 Å². The third-order valence-electron chi connectivity index (χ3n) is 3.45. The number of benzene rings is 2. The van der Waals surface area contributed by atoms with Crippen LogP contribution in [0.3, 0.4) is 0 Å². The number of anilines is 1. The van der Waals surface area contributed by atoms with Crippen molar-refractivity contribution in [2.24, 2.45) is 0 Å². The molecular formula is C17H13F3N2O2. The molecule has 1 heterocycles. The Morgan fingerprint density at radius 2 is 1.88 bits per heavy atom. The van der Waals surface area contributed by atoms with Crippen LogP contribution in [0.15, 0.2) is 46.9 Å². The Morgan fingerprint density at radius 1 is 1.17 bits per heavy atom. The van der Waals surface area contributed by atoms with Gasteiger partial charge in [0, 0.05) is 17.7 Å². The van der Waals surface area contributed by atoms with Crippen LogP contribution < -0.4 is 5.32 Å². The van der Waals surface area contributed by atoms with Crippen LogP contribution in [0.2, 0.25) is 0 Å². The van der Waals surface area contributed by atoms with Crippen LogP contribution in [0.1, 0.15) is 18.9 Å². The predicted molar refractivity (Wildman–Crippen MR) is 83.4 cm³/mol. The second kappa shape index (κ2) is 5.99. The first kappa shape index (κ1) is 16.0. The molecule has 0 spiro atoms. The van der Waals surface area contributed by atoms with E-state index in [9.17, 15) is 18.0 Å². The SMILES string of the molecule is CCC(=O)Nc1ccc2oc(-c3ccc(C(F)(F)F)cc3)nc2c1. The molecule has 1 aromatic heterocycles. The van der Waals surface area contributed by atoms with Crippen molar-refractivity contribution >= 4 is 22.7 Å². The average molecular weight is 334 g/mol. The van der Waals surface area contributed by atoms with E-state index >= 15 is 0 Å². The first-order valence-corrected chi connectivity index (χ1v) is 7.25. The number of alkyl halides is 3. The van der Waals surface area contributed by atoms with Gasteiger partial charge in [-0.05, 0) is 42.5 Å². The minimum absolute atomic E-state index is 0.124. The van der Waals surface area contributed by atoms with E-state index in [1.165, 1.54) is 12.1 Å². The van der Waals surface area contributed by atoms with Crippen molar-refractivity contribution < 1.29 is 22.4 Å². The number of nitrogens with one attached hydrogen (secondary N) is 1. The lowest BCUT2D eigenvalue weighted by Crippen LogP contribution is -2.08. The highest BCUT2D eigenvalue weighted by atomic mass is 19.4. The van der Waals surface area contributed by atoms with Gasteiger partial charge >= 0.3 is 6.18 Å². The van der Waals surface area contributed by atoms with Crippen LogP contribution in [0.5, 0.6) is 0 Å². The third-order valence-corrected chi connectivity index (χ3v) is 3.45. The number of rotatable bonds is 3. The summed E-state index contributed by atoms with van der Waals surface area (Å²) in [7, 11) is 0. The second-order valence-corrected chi connectivity index (χ2v) is 5.18. The quantitative estimate of drug-likeness (QED) is 0.744. The van der Waals surface area contributed by atoms with Gasteiger partial charge in [0.2, 0.25) is 11.8 Å². The molecular weight excluding hydrogens is 321 g/mol. The fourth-order valence-electron chi connectivity index (χ4n) is 2.18. The number of fused-ring (bicyclic) bond motifs is 1. The van der Waals surface area contributed by atoms with Crippen molar-refractivity contribution in [1.82, 2.24) is 4.98 Å². The van der Waals surface area contributed by atoms with E-state index < -0.39 is 11.7 Å². The molecule has 0 saturated heterocycles. The van der Waals surface area contributed by atoms with E-state index in [4.69, 9.17) is 4.42 Å². The first-order chi connectivity index (χ1) is 11.4. The highest BCUT2D eigenvalue weighted by Crippen LogP contribution is 2.32. The summed E-state index contributed by atoms with van der Waals surface area (Å²) in [6.45, 7) is 1.74.